The highest BCUT2D eigenvalue weighted by Gasteiger charge is 2.26. The molecule has 4 heterocycles. The number of aromatic amines is 2. The molecule has 1 saturated heterocycles. The first-order valence-corrected chi connectivity index (χ1v) is 18.4. The molecule has 1 aliphatic heterocycles. The van der Waals surface area contributed by atoms with Crippen molar-refractivity contribution in [3.8, 4) is 11.1 Å². The van der Waals surface area contributed by atoms with Crippen LogP contribution in [-0.4, -0.2) is 77.2 Å². The summed E-state index contributed by atoms with van der Waals surface area (Å²) in [4.78, 5) is 65.2. The van der Waals surface area contributed by atoms with Gasteiger partial charge in [-0.3, -0.25) is 19.2 Å². The Morgan fingerprint density at radius 1 is 0.857 bits per heavy atom. The van der Waals surface area contributed by atoms with Gasteiger partial charge in [0.2, 0.25) is 0 Å². The fourth-order valence-electron chi connectivity index (χ4n) is 7.33. The zero-order valence-corrected chi connectivity index (χ0v) is 32.0. The zero-order valence-electron chi connectivity index (χ0n) is 32.0. The van der Waals surface area contributed by atoms with E-state index >= 15 is 4.39 Å². The van der Waals surface area contributed by atoms with E-state index in [2.05, 4.69) is 25.4 Å². The molecule has 0 unspecified atom stereocenters. The van der Waals surface area contributed by atoms with Crippen LogP contribution in [0.15, 0.2) is 88.6 Å². The van der Waals surface area contributed by atoms with Gasteiger partial charge in [0.25, 0.3) is 22.9 Å². The summed E-state index contributed by atoms with van der Waals surface area (Å²) < 4.78 is 15.1. The Bertz CT molecular complexity index is 2590. The molecule has 0 spiro atoms. The Morgan fingerprint density at radius 3 is 2.30 bits per heavy atom. The maximum atomic E-state index is 15.1. The number of piperazine rings is 1. The zero-order chi connectivity index (χ0) is 39.7. The Balaban J connectivity index is 1.03. The highest BCUT2D eigenvalue weighted by Crippen LogP contribution is 2.31. The van der Waals surface area contributed by atoms with Crippen molar-refractivity contribution >= 4 is 34.1 Å². The molecule has 0 radical (unpaired) electrons. The smallest absolute Gasteiger partial charge is 0.272 e. The monoisotopic (exact) mass is 754 g/mol. The van der Waals surface area contributed by atoms with Crippen LogP contribution in [0.1, 0.15) is 54.4 Å². The summed E-state index contributed by atoms with van der Waals surface area (Å²) in [6, 6.07) is 21.3. The molecule has 0 bridgehead atoms. The molecule has 1 fully saturated rings. The fourth-order valence-corrected chi connectivity index (χ4v) is 7.33. The summed E-state index contributed by atoms with van der Waals surface area (Å²) in [6.45, 7) is 7.47. The number of hydrogen-bond acceptors (Lipinski definition) is 8. The highest BCUT2D eigenvalue weighted by atomic mass is 19.1. The Hall–Kier alpha value is -6.63. The number of anilines is 2. The van der Waals surface area contributed by atoms with Crippen molar-refractivity contribution in [2.75, 3.05) is 50.1 Å². The minimum absolute atomic E-state index is 0.00526. The SMILES string of the molecule is Cc1cc(C)c(CNC(=O)c2cc(-c3ccc(N4CCN(C(=O)c5cc(Cc6n[nH]c(=O)c7ccccc67)ccc5F)CC4)nc3)cc(N(C)C)c2C)c(=O)[nH]1. The predicted molar refractivity (Wildman–Crippen MR) is 216 cm³/mol. The van der Waals surface area contributed by atoms with Gasteiger partial charge in [-0.05, 0) is 91.6 Å². The second-order valence-electron chi connectivity index (χ2n) is 14.4. The molecule has 12 nitrogen and oxygen atoms in total. The molecule has 3 aromatic carbocycles. The third kappa shape index (κ3) is 7.65. The molecule has 0 aliphatic carbocycles. The minimum atomic E-state index is -0.594. The van der Waals surface area contributed by atoms with Gasteiger partial charge in [0, 0.05) is 92.9 Å². The van der Waals surface area contributed by atoms with Crippen LogP contribution in [0.5, 0.6) is 0 Å². The highest BCUT2D eigenvalue weighted by molar-refractivity contribution is 5.99. The lowest BCUT2D eigenvalue weighted by Crippen LogP contribution is -2.49. The molecule has 0 saturated carbocycles. The van der Waals surface area contributed by atoms with Crippen LogP contribution in [0.2, 0.25) is 0 Å². The molecule has 3 N–H and O–H groups in total. The van der Waals surface area contributed by atoms with Crippen molar-refractivity contribution in [1.29, 1.82) is 0 Å². The molecule has 6 aromatic rings. The first kappa shape index (κ1) is 37.7. The van der Waals surface area contributed by atoms with Gasteiger partial charge in [0.05, 0.1) is 16.6 Å². The first-order valence-electron chi connectivity index (χ1n) is 18.4. The van der Waals surface area contributed by atoms with Crippen LogP contribution < -0.4 is 26.2 Å². The topological polar surface area (TPSA) is 147 Å². The van der Waals surface area contributed by atoms with E-state index in [4.69, 9.17) is 4.98 Å². The van der Waals surface area contributed by atoms with Crippen molar-refractivity contribution in [1.82, 2.24) is 30.4 Å². The maximum Gasteiger partial charge on any atom is 0.272 e. The summed E-state index contributed by atoms with van der Waals surface area (Å²) in [5, 5.41) is 10.9. The number of H-pyrrole nitrogens is 2. The molecule has 56 heavy (non-hydrogen) atoms. The second kappa shape index (κ2) is 15.6. The van der Waals surface area contributed by atoms with Gasteiger partial charge in [-0.1, -0.05) is 24.3 Å². The van der Waals surface area contributed by atoms with Crippen LogP contribution in [0.4, 0.5) is 15.9 Å². The normalized spacial score (nSPS) is 12.9. The molecular weight excluding hydrogens is 712 g/mol. The van der Waals surface area contributed by atoms with Gasteiger partial charge in [-0.15, -0.1) is 0 Å². The molecule has 2 amide bonds. The van der Waals surface area contributed by atoms with E-state index in [1.165, 1.54) is 6.07 Å². The molecule has 3 aromatic heterocycles. The predicted octanol–water partition coefficient (Wildman–Crippen LogP) is 5.29. The Morgan fingerprint density at radius 2 is 1.61 bits per heavy atom. The van der Waals surface area contributed by atoms with Crippen LogP contribution in [0, 0.1) is 26.6 Å². The van der Waals surface area contributed by atoms with Crippen molar-refractivity contribution in [3.05, 3.63) is 150 Å². The molecule has 13 heteroatoms. The number of benzene rings is 3. The van der Waals surface area contributed by atoms with Crippen molar-refractivity contribution in [2.24, 2.45) is 0 Å². The quantitative estimate of drug-likeness (QED) is 0.181. The van der Waals surface area contributed by atoms with Crippen molar-refractivity contribution < 1.29 is 14.0 Å². The first-order chi connectivity index (χ1) is 26.9. The van der Waals surface area contributed by atoms with E-state index in [1.807, 2.05) is 82.2 Å². The van der Waals surface area contributed by atoms with E-state index in [9.17, 15) is 19.2 Å². The number of carbonyl (C=O) groups excluding carboxylic acids is 2. The number of fused-ring (bicyclic) bond motifs is 1. The second-order valence-corrected chi connectivity index (χ2v) is 14.4. The van der Waals surface area contributed by atoms with E-state index in [0.29, 0.717) is 65.8 Å². The average molecular weight is 755 g/mol. The van der Waals surface area contributed by atoms with Crippen LogP contribution in [0.3, 0.4) is 0 Å². The van der Waals surface area contributed by atoms with Crippen LogP contribution in [0.25, 0.3) is 21.9 Å². The Labute approximate surface area is 323 Å². The van der Waals surface area contributed by atoms with Gasteiger partial charge >= 0.3 is 0 Å². The number of carbonyl (C=O) groups is 2. The molecular formula is C43H43FN8O4. The van der Waals surface area contributed by atoms with Gasteiger partial charge in [-0.25, -0.2) is 14.5 Å². The lowest BCUT2D eigenvalue weighted by atomic mass is 9.97. The Kier molecular flexibility index (Phi) is 10.5. The van der Waals surface area contributed by atoms with Gasteiger partial charge in [-0.2, -0.15) is 5.10 Å². The summed E-state index contributed by atoms with van der Waals surface area (Å²) in [5.74, 6) is -0.520. The number of halogens is 1. The molecule has 1 aliphatic rings. The minimum Gasteiger partial charge on any atom is -0.377 e. The van der Waals surface area contributed by atoms with Gasteiger partial charge in [0.15, 0.2) is 0 Å². The van der Waals surface area contributed by atoms with Gasteiger partial charge < -0.3 is 25.0 Å². The van der Waals surface area contributed by atoms with Crippen molar-refractivity contribution in [3.63, 3.8) is 0 Å². The summed E-state index contributed by atoms with van der Waals surface area (Å²) in [7, 11) is 3.85. The average Bonchev–Trinajstić information content (AvgIpc) is 3.19. The van der Waals surface area contributed by atoms with Crippen LogP contribution in [-0.2, 0) is 13.0 Å². The maximum absolute atomic E-state index is 15.1. The number of hydrogen-bond donors (Lipinski definition) is 3. The van der Waals surface area contributed by atoms with E-state index < -0.39 is 5.82 Å². The standard InChI is InChI=1S/C43H43FN8O4/c1-25-18-26(2)47-41(54)35(25)24-46-40(53)33-21-30(22-38(27(33)3)50(4)5)29-11-13-39(45-23-29)51-14-16-52(17-15-51)43(56)34-19-28(10-12-36(34)44)20-37-31-8-6-7-9-32(31)42(55)49-48-37/h6-13,18-19,21-23H,14-17,20,24H2,1-5H3,(H,46,53)(H,47,54)(H,49,55). The van der Waals surface area contributed by atoms with Gasteiger partial charge in [0.1, 0.15) is 11.6 Å². The number of amides is 2. The fraction of sp³-hybridized carbons (Fsp3) is 0.256. The largest absolute Gasteiger partial charge is 0.377 e. The number of nitrogens with zero attached hydrogens (tertiary/aromatic N) is 5. The summed E-state index contributed by atoms with van der Waals surface area (Å²) in [5.41, 5.74) is 6.77. The van der Waals surface area contributed by atoms with E-state index in [1.54, 1.807) is 35.4 Å². The molecule has 286 valence electrons. The number of nitrogens with one attached hydrogen (secondary N) is 3. The third-order valence-corrected chi connectivity index (χ3v) is 10.4. The van der Waals surface area contributed by atoms with E-state index in [0.717, 1.165) is 39.5 Å². The summed E-state index contributed by atoms with van der Waals surface area (Å²) in [6.07, 6.45) is 2.09. The lowest BCUT2D eigenvalue weighted by Gasteiger charge is -2.35. The third-order valence-electron chi connectivity index (χ3n) is 10.4. The van der Waals surface area contributed by atoms with E-state index in [-0.39, 0.29) is 35.0 Å². The molecule has 0 atom stereocenters. The number of aromatic nitrogens is 4. The number of rotatable bonds is 9. The molecule has 7 rings (SSSR count). The lowest BCUT2D eigenvalue weighted by molar-refractivity contribution is 0.0741. The number of pyridine rings is 2. The van der Waals surface area contributed by atoms with Crippen LogP contribution >= 0.6 is 0 Å². The number of aryl methyl sites for hydroxylation is 2. The summed E-state index contributed by atoms with van der Waals surface area (Å²) >= 11 is 0. The van der Waals surface area contributed by atoms with Crippen molar-refractivity contribution in [2.45, 2.75) is 33.7 Å².